The lowest BCUT2D eigenvalue weighted by atomic mass is 9.95. The molecule has 144 valence electrons. The van der Waals surface area contributed by atoms with Gasteiger partial charge in [0.2, 0.25) is 0 Å². The van der Waals surface area contributed by atoms with E-state index in [9.17, 15) is 9.59 Å². The second kappa shape index (κ2) is 6.49. The summed E-state index contributed by atoms with van der Waals surface area (Å²) in [6.07, 6.45) is 6.41. The molecule has 3 aromatic rings. The number of carbonyl (C=O) groups excluding carboxylic acids is 2. The molecule has 2 amide bonds. The zero-order valence-electron chi connectivity index (χ0n) is 15.3. The molecule has 8 nitrogen and oxygen atoms in total. The maximum atomic E-state index is 12.6. The van der Waals surface area contributed by atoms with Gasteiger partial charge in [0.1, 0.15) is 11.3 Å². The van der Waals surface area contributed by atoms with E-state index in [4.69, 9.17) is 9.15 Å². The number of fused-ring (bicyclic) bond motifs is 3. The summed E-state index contributed by atoms with van der Waals surface area (Å²) < 4.78 is 13.1. The van der Waals surface area contributed by atoms with Gasteiger partial charge in [0.15, 0.2) is 5.76 Å². The molecule has 5 rings (SSSR count). The van der Waals surface area contributed by atoms with Crippen molar-refractivity contribution in [2.24, 2.45) is 7.05 Å². The van der Waals surface area contributed by atoms with Crippen LogP contribution >= 0.6 is 0 Å². The molecule has 2 bridgehead atoms. The van der Waals surface area contributed by atoms with Crippen LogP contribution in [0.15, 0.2) is 41.2 Å². The van der Waals surface area contributed by atoms with Gasteiger partial charge in [-0.2, -0.15) is 0 Å². The van der Waals surface area contributed by atoms with Crippen molar-refractivity contribution in [3.8, 4) is 0 Å². The van der Waals surface area contributed by atoms with E-state index in [1.165, 1.54) is 6.20 Å². The highest BCUT2D eigenvalue weighted by Gasteiger charge is 2.41. The quantitative estimate of drug-likeness (QED) is 0.725. The number of aryl methyl sites for hydroxylation is 1. The number of hydrogen-bond donors (Lipinski definition) is 2. The number of anilines is 1. The average molecular weight is 380 g/mol. The van der Waals surface area contributed by atoms with Crippen molar-refractivity contribution in [1.82, 2.24) is 14.9 Å². The Morgan fingerprint density at radius 1 is 1.21 bits per heavy atom. The predicted octanol–water partition coefficient (Wildman–Crippen LogP) is 2.47. The minimum absolute atomic E-state index is 0.0493. The van der Waals surface area contributed by atoms with E-state index in [1.54, 1.807) is 42.2 Å². The van der Waals surface area contributed by atoms with Crippen molar-refractivity contribution in [2.75, 3.05) is 5.32 Å². The fraction of sp³-hybridized carbons (Fsp3) is 0.350. The lowest BCUT2D eigenvalue weighted by Crippen LogP contribution is -2.41. The van der Waals surface area contributed by atoms with Crippen molar-refractivity contribution in [3.63, 3.8) is 0 Å². The first kappa shape index (κ1) is 17.0. The molecule has 0 radical (unpaired) electrons. The molecule has 1 aromatic carbocycles. The van der Waals surface area contributed by atoms with Crippen molar-refractivity contribution >= 4 is 28.5 Å². The van der Waals surface area contributed by atoms with Crippen LogP contribution < -0.4 is 10.6 Å². The number of nitrogens with one attached hydrogen (secondary N) is 2. The van der Waals surface area contributed by atoms with E-state index >= 15 is 0 Å². The van der Waals surface area contributed by atoms with Gasteiger partial charge in [0.05, 0.1) is 30.8 Å². The number of imidazole rings is 1. The summed E-state index contributed by atoms with van der Waals surface area (Å²) in [5.41, 5.74) is 1.67. The molecule has 3 atom stereocenters. The van der Waals surface area contributed by atoms with E-state index in [-0.39, 0.29) is 35.8 Å². The van der Waals surface area contributed by atoms with Crippen LogP contribution in [0.3, 0.4) is 0 Å². The number of aromatic nitrogens is 2. The topological polar surface area (TPSA) is 98.4 Å². The first-order valence-corrected chi connectivity index (χ1v) is 9.34. The van der Waals surface area contributed by atoms with Crippen molar-refractivity contribution in [3.05, 3.63) is 48.2 Å². The number of benzene rings is 1. The Hall–Kier alpha value is -3.13. The molecule has 8 heteroatoms. The number of ether oxygens (including phenoxy) is 1. The monoisotopic (exact) mass is 380 g/mol. The number of furan rings is 1. The van der Waals surface area contributed by atoms with E-state index in [2.05, 4.69) is 15.6 Å². The fourth-order valence-corrected chi connectivity index (χ4v) is 4.03. The summed E-state index contributed by atoms with van der Waals surface area (Å²) in [6, 6.07) is 7.01. The van der Waals surface area contributed by atoms with Crippen LogP contribution in [-0.2, 0) is 11.8 Å². The summed E-state index contributed by atoms with van der Waals surface area (Å²) in [6.45, 7) is 0. The molecular formula is C20H20N4O4. The Labute approximate surface area is 160 Å². The van der Waals surface area contributed by atoms with E-state index in [0.717, 1.165) is 24.6 Å². The molecule has 2 N–H and O–H groups in total. The van der Waals surface area contributed by atoms with E-state index in [1.807, 2.05) is 0 Å². The Kier molecular flexibility index (Phi) is 3.94. The van der Waals surface area contributed by atoms with Gasteiger partial charge in [-0.1, -0.05) is 0 Å². The van der Waals surface area contributed by atoms with Gasteiger partial charge in [-0.15, -0.1) is 0 Å². The highest BCUT2D eigenvalue weighted by molar-refractivity contribution is 6.04. The molecule has 2 aromatic heterocycles. The molecule has 0 unspecified atom stereocenters. The van der Waals surface area contributed by atoms with Crippen molar-refractivity contribution < 1.29 is 18.7 Å². The number of rotatable bonds is 4. The SMILES string of the molecule is Cn1cncc1C(=O)Nc1ccc2oc(C(=O)N[C@@H]3C[C@@H]4CC[C@H]3O4)cc2c1. The summed E-state index contributed by atoms with van der Waals surface area (Å²) in [5, 5.41) is 6.60. The molecule has 28 heavy (non-hydrogen) atoms. The first-order valence-electron chi connectivity index (χ1n) is 9.34. The van der Waals surface area contributed by atoms with Crippen LogP contribution in [0.2, 0.25) is 0 Å². The molecule has 2 fully saturated rings. The third-order valence-corrected chi connectivity index (χ3v) is 5.47. The number of amides is 2. The maximum absolute atomic E-state index is 12.6. The van der Waals surface area contributed by atoms with Crippen LogP contribution in [0.4, 0.5) is 5.69 Å². The highest BCUT2D eigenvalue weighted by Crippen LogP contribution is 2.34. The van der Waals surface area contributed by atoms with Crippen LogP contribution in [0.25, 0.3) is 11.0 Å². The number of hydrogen-bond acceptors (Lipinski definition) is 5. The summed E-state index contributed by atoms with van der Waals surface area (Å²) in [7, 11) is 1.76. The second-order valence-electron chi connectivity index (χ2n) is 7.40. The molecule has 0 aliphatic carbocycles. The lowest BCUT2D eigenvalue weighted by Gasteiger charge is -2.19. The first-order chi connectivity index (χ1) is 13.6. The van der Waals surface area contributed by atoms with Gasteiger partial charge in [-0.25, -0.2) is 4.98 Å². The maximum Gasteiger partial charge on any atom is 0.287 e. The third-order valence-electron chi connectivity index (χ3n) is 5.47. The van der Waals surface area contributed by atoms with Crippen LogP contribution in [0, 0.1) is 0 Å². The normalized spacial score (nSPS) is 23.2. The van der Waals surface area contributed by atoms with Crippen LogP contribution in [0.5, 0.6) is 0 Å². The molecule has 0 saturated carbocycles. The highest BCUT2D eigenvalue weighted by atomic mass is 16.5. The Balaban J connectivity index is 1.31. The largest absolute Gasteiger partial charge is 0.451 e. The van der Waals surface area contributed by atoms with E-state index < -0.39 is 0 Å². The van der Waals surface area contributed by atoms with Gasteiger partial charge in [0.25, 0.3) is 11.8 Å². The minimum Gasteiger partial charge on any atom is -0.451 e. The smallest absolute Gasteiger partial charge is 0.287 e. The molecule has 4 heterocycles. The van der Waals surface area contributed by atoms with Crippen molar-refractivity contribution in [1.29, 1.82) is 0 Å². The second-order valence-corrected chi connectivity index (χ2v) is 7.40. The molecular weight excluding hydrogens is 360 g/mol. The van der Waals surface area contributed by atoms with Crippen molar-refractivity contribution in [2.45, 2.75) is 37.5 Å². The zero-order chi connectivity index (χ0) is 19.3. The summed E-state index contributed by atoms with van der Waals surface area (Å²) in [4.78, 5) is 28.8. The summed E-state index contributed by atoms with van der Waals surface area (Å²) in [5.74, 6) is -0.234. The predicted molar refractivity (Wildman–Crippen MR) is 101 cm³/mol. The lowest BCUT2D eigenvalue weighted by molar-refractivity contribution is 0.0823. The van der Waals surface area contributed by atoms with E-state index in [0.29, 0.717) is 17.0 Å². The van der Waals surface area contributed by atoms with Gasteiger partial charge >= 0.3 is 0 Å². The molecule has 2 saturated heterocycles. The Bertz CT molecular complexity index is 1070. The zero-order valence-corrected chi connectivity index (χ0v) is 15.3. The fourth-order valence-electron chi connectivity index (χ4n) is 4.03. The van der Waals surface area contributed by atoms with Gasteiger partial charge in [0, 0.05) is 18.1 Å². The van der Waals surface area contributed by atoms with Gasteiger partial charge in [-0.05, 0) is 43.5 Å². The molecule has 0 spiro atoms. The summed E-state index contributed by atoms with van der Waals surface area (Å²) >= 11 is 0. The third kappa shape index (κ3) is 2.95. The molecule has 2 aliphatic rings. The van der Waals surface area contributed by atoms with Crippen LogP contribution in [0.1, 0.15) is 40.3 Å². The minimum atomic E-state index is -0.253. The molecule has 2 aliphatic heterocycles. The van der Waals surface area contributed by atoms with Crippen LogP contribution in [-0.4, -0.2) is 39.6 Å². The standard InChI is InChI=1S/C20H20N4O4/c1-24-10-21-9-15(24)19(25)22-12-2-4-16-11(6-12)7-18(28-16)20(26)23-14-8-13-3-5-17(14)27-13/h2,4,6-7,9-10,13-14,17H,3,5,8H2,1H3,(H,22,25)(H,23,26)/t13-,14+,17+/m0/s1. The number of nitrogens with zero attached hydrogens (tertiary/aromatic N) is 2. The van der Waals surface area contributed by atoms with Gasteiger partial charge < -0.3 is 24.4 Å². The Morgan fingerprint density at radius 3 is 2.82 bits per heavy atom. The van der Waals surface area contributed by atoms with Gasteiger partial charge in [-0.3, -0.25) is 9.59 Å². The number of carbonyl (C=O) groups is 2. The average Bonchev–Trinajstić information content (AvgIpc) is 3.44. The Morgan fingerprint density at radius 2 is 2.11 bits per heavy atom.